The molecule has 0 saturated carbocycles. The third kappa shape index (κ3) is 3.33. The number of hydrogen-bond donors (Lipinski definition) is 2. The molecule has 31 heavy (non-hydrogen) atoms. The van der Waals surface area contributed by atoms with Crippen molar-refractivity contribution in [2.75, 3.05) is 13.1 Å². The van der Waals surface area contributed by atoms with Gasteiger partial charge < -0.3 is 19.3 Å². The quantitative estimate of drug-likeness (QED) is 0.654. The monoisotopic (exact) mass is 421 g/mol. The molecule has 2 aliphatic heterocycles. The highest BCUT2D eigenvalue weighted by molar-refractivity contribution is 5.90. The summed E-state index contributed by atoms with van der Waals surface area (Å²) < 4.78 is 3.42. The number of benzene rings is 1. The summed E-state index contributed by atoms with van der Waals surface area (Å²) in [5, 5.41) is 20.2. The van der Waals surface area contributed by atoms with E-state index in [4.69, 9.17) is 0 Å². The summed E-state index contributed by atoms with van der Waals surface area (Å²) in [6, 6.07) is 11.7. The van der Waals surface area contributed by atoms with Gasteiger partial charge in [-0.1, -0.05) is 24.3 Å². The minimum Gasteiger partial charge on any atom is -0.480 e. The van der Waals surface area contributed by atoms with Crippen LogP contribution in [-0.4, -0.2) is 49.3 Å². The van der Waals surface area contributed by atoms with Gasteiger partial charge in [0.05, 0.1) is 0 Å². The van der Waals surface area contributed by atoms with Crippen LogP contribution >= 0.6 is 0 Å². The second-order valence-corrected chi connectivity index (χ2v) is 8.52. The zero-order valence-corrected chi connectivity index (χ0v) is 16.8. The minimum atomic E-state index is -0.978. The molecule has 3 atom stereocenters. The highest BCUT2D eigenvalue weighted by atomic mass is 16.4. The molecule has 0 unspecified atom stereocenters. The first-order valence-corrected chi connectivity index (χ1v) is 10.4. The normalized spacial score (nSPS) is 21.5. The van der Waals surface area contributed by atoms with Crippen LogP contribution in [0.5, 0.6) is 0 Å². The first-order chi connectivity index (χ1) is 14.9. The fraction of sp³-hybridized carbons (Fsp3) is 0.348. The molecule has 2 aliphatic rings. The van der Waals surface area contributed by atoms with Crippen LogP contribution in [0, 0.1) is 5.92 Å². The molecule has 160 valence electrons. The Bertz CT molecular complexity index is 1240. The summed E-state index contributed by atoms with van der Waals surface area (Å²) >= 11 is 0. The van der Waals surface area contributed by atoms with Crippen molar-refractivity contribution in [3.63, 3.8) is 0 Å². The Morgan fingerprint density at radius 2 is 1.84 bits per heavy atom. The Labute approximate surface area is 177 Å². The van der Waals surface area contributed by atoms with E-state index in [1.165, 1.54) is 0 Å². The molecule has 8 heteroatoms. The molecule has 1 aromatic carbocycles. The molecule has 5 rings (SSSR count). The van der Waals surface area contributed by atoms with Gasteiger partial charge in [-0.3, -0.25) is 19.3 Å². The molecule has 0 aliphatic carbocycles. The van der Waals surface area contributed by atoms with Crippen molar-refractivity contribution in [3.05, 3.63) is 70.3 Å². The van der Waals surface area contributed by atoms with E-state index in [-0.39, 0.29) is 23.9 Å². The number of aliphatic carboxylic acids is 2. The van der Waals surface area contributed by atoms with Crippen molar-refractivity contribution in [2.45, 2.75) is 31.5 Å². The number of para-hydroxylation sites is 1. The molecule has 4 heterocycles. The van der Waals surface area contributed by atoms with E-state index >= 15 is 0 Å². The van der Waals surface area contributed by atoms with Gasteiger partial charge in [-0.2, -0.15) is 0 Å². The van der Waals surface area contributed by atoms with Crippen LogP contribution in [0.4, 0.5) is 0 Å². The second-order valence-electron chi connectivity index (χ2n) is 8.52. The lowest BCUT2D eigenvalue weighted by Crippen LogP contribution is -2.49. The minimum absolute atomic E-state index is 0.00724. The van der Waals surface area contributed by atoms with Gasteiger partial charge in [0.15, 0.2) is 0 Å². The van der Waals surface area contributed by atoms with Crippen molar-refractivity contribution >= 4 is 22.8 Å². The number of rotatable bonds is 5. The first-order valence-electron chi connectivity index (χ1n) is 10.4. The second kappa shape index (κ2) is 7.39. The Balaban J connectivity index is 1.56. The average molecular weight is 421 g/mol. The van der Waals surface area contributed by atoms with Crippen molar-refractivity contribution in [2.24, 2.45) is 5.92 Å². The van der Waals surface area contributed by atoms with Crippen LogP contribution in [0.1, 0.15) is 29.6 Å². The summed E-state index contributed by atoms with van der Waals surface area (Å²) in [6.07, 6.45) is 2.60. The van der Waals surface area contributed by atoms with Crippen LogP contribution in [0.3, 0.4) is 0 Å². The van der Waals surface area contributed by atoms with Gasteiger partial charge in [-0.15, -0.1) is 0 Å². The smallest absolute Gasteiger partial charge is 0.325 e. The van der Waals surface area contributed by atoms with Crippen LogP contribution < -0.4 is 5.56 Å². The maximum absolute atomic E-state index is 12.5. The van der Waals surface area contributed by atoms with Gasteiger partial charge in [0.1, 0.15) is 12.6 Å². The van der Waals surface area contributed by atoms with Gasteiger partial charge in [-0.05, 0) is 24.5 Å². The molecule has 0 radical (unpaired) electrons. The number of piperidine rings is 1. The third-order valence-electron chi connectivity index (χ3n) is 6.53. The molecule has 1 saturated heterocycles. The highest BCUT2D eigenvalue weighted by Crippen LogP contribution is 2.40. The summed E-state index contributed by atoms with van der Waals surface area (Å²) in [7, 11) is 0. The standard InChI is InChI=1S/C23H23N3O5/c27-20-7-3-6-18-15-8-14(10-26(18)20)9-25(11-15)22(23(30)31)17-12-24(13-21(28)29)19-5-2-1-4-16(17)19/h1-7,12,14-15,22H,8-11,13H2,(H,28,29)(H,30,31)/t14-,15-,22+/m0/s1. The molecule has 0 spiro atoms. The van der Waals surface area contributed by atoms with Gasteiger partial charge >= 0.3 is 11.9 Å². The van der Waals surface area contributed by atoms with Crippen LogP contribution in [0.2, 0.25) is 0 Å². The van der Waals surface area contributed by atoms with Crippen LogP contribution in [0.15, 0.2) is 53.5 Å². The Morgan fingerprint density at radius 1 is 1.03 bits per heavy atom. The van der Waals surface area contributed by atoms with E-state index < -0.39 is 18.0 Å². The number of hydrogen-bond acceptors (Lipinski definition) is 4. The predicted octanol–water partition coefficient (Wildman–Crippen LogP) is 2.13. The number of likely N-dealkylation sites (tertiary alicyclic amines) is 1. The predicted molar refractivity (Wildman–Crippen MR) is 113 cm³/mol. The van der Waals surface area contributed by atoms with Gasteiger partial charge in [0, 0.05) is 60.0 Å². The summed E-state index contributed by atoms with van der Waals surface area (Å²) in [4.78, 5) is 38.1. The maximum atomic E-state index is 12.5. The molecule has 2 aromatic heterocycles. The number of carboxylic acid groups (broad SMARTS) is 2. The Kier molecular flexibility index (Phi) is 4.66. The number of carbonyl (C=O) groups is 2. The first kappa shape index (κ1) is 19.6. The van der Waals surface area contributed by atoms with Crippen molar-refractivity contribution in [1.82, 2.24) is 14.0 Å². The molecule has 0 amide bonds. The van der Waals surface area contributed by atoms with E-state index in [9.17, 15) is 24.6 Å². The third-order valence-corrected chi connectivity index (χ3v) is 6.53. The van der Waals surface area contributed by atoms with Crippen LogP contribution in [0.25, 0.3) is 10.9 Å². The van der Waals surface area contributed by atoms with Crippen molar-refractivity contribution in [3.8, 4) is 0 Å². The maximum Gasteiger partial charge on any atom is 0.325 e. The van der Waals surface area contributed by atoms with E-state index in [0.29, 0.717) is 30.7 Å². The zero-order chi connectivity index (χ0) is 21.7. The fourth-order valence-electron chi connectivity index (χ4n) is 5.40. The van der Waals surface area contributed by atoms with Gasteiger partial charge in [0.2, 0.25) is 0 Å². The molecule has 8 nitrogen and oxygen atoms in total. The number of aromatic nitrogens is 2. The lowest BCUT2D eigenvalue weighted by molar-refractivity contribution is -0.144. The van der Waals surface area contributed by atoms with Gasteiger partial charge in [0.25, 0.3) is 5.56 Å². The van der Waals surface area contributed by atoms with Crippen LogP contribution in [-0.2, 0) is 22.7 Å². The average Bonchev–Trinajstić information content (AvgIpc) is 3.06. The van der Waals surface area contributed by atoms with E-state index in [2.05, 4.69) is 0 Å². The molecule has 1 fully saturated rings. The lowest BCUT2D eigenvalue weighted by atomic mass is 9.82. The molecule has 2 N–H and O–H groups in total. The van der Waals surface area contributed by atoms with Crippen molar-refractivity contribution < 1.29 is 19.8 Å². The molecular formula is C23H23N3O5. The lowest BCUT2D eigenvalue weighted by Gasteiger charge is -2.44. The Morgan fingerprint density at radius 3 is 2.61 bits per heavy atom. The SMILES string of the molecule is O=C(O)Cn1cc([C@H](C(=O)O)N2C[C@@H]3C[C@@H](C2)c2cccc(=O)n2C3)c2ccccc21. The van der Waals surface area contributed by atoms with Crippen molar-refractivity contribution in [1.29, 1.82) is 0 Å². The van der Waals surface area contributed by atoms with Gasteiger partial charge in [-0.25, -0.2) is 0 Å². The topological polar surface area (TPSA) is 105 Å². The molecular weight excluding hydrogens is 398 g/mol. The summed E-state index contributed by atoms with van der Waals surface area (Å²) in [6.45, 7) is 1.48. The number of fused-ring (bicyclic) bond motifs is 5. The van der Waals surface area contributed by atoms with E-state index in [1.54, 1.807) is 22.9 Å². The largest absolute Gasteiger partial charge is 0.480 e. The summed E-state index contributed by atoms with van der Waals surface area (Å²) in [5.41, 5.74) is 2.27. The highest BCUT2D eigenvalue weighted by Gasteiger charge is 2.40. The number of carboxylic acids is 2. The zero-order valence-electron chi connectivity index (χ0n) is 16.8. The fourth-order valence-corrected chi connectivity index (χ4v) is 5.40. The number of pyridine rings is 1. The molecule has 2 bridgehead atoms. The number of nitrogens with zero attached hydrogens (tertiary/aromatic N) is 3. The van der Waals surface area contributed by atoms with E-state index in [1.807, 2.05) is 39.8 Å². The van der Waals surface area contributed by atoms with E-state index in [0.717, 1.165) is 17.5 Å². The molecule has 3 aromatic rings. The Hall–Kier alpha value is -3.39. The summed E-state index contributed by atoms with van der Waals surface area (Å²) in [5.74, 6) is -1.64.